The van der Waals surface area contributed by atoms with Crippen molar-refractivity contribution in [3.63, 3.8) is 0 Å². The van der Waals surface area contributed by atoms with Gasteiger partial charge in [0.25, 0.3) is 0 Å². The average Bonchev–Trinajstić information content (AvgIpc) is 2.31. The van der Waals surface area contributed by atoms with Gasteiger partial charge in [0.1, 0.15) is 11.1 Å². The maximum atomic E-state index is 5.83. The van der Waals surface area contributed by atoms with Gasteiger partial charge in [0.15, 0.2) is 0 Å². The lowest BCUT2D eigenvalue weighted by molar-refractivity contribution is 0.352. The maximum absolute atomic E-state index is 5.83. The van der Waals surface area contributed by atoms with Gasteiger partial charge in [-0.25, -0.2) is 4.98 Å². The average molecular weight is 202 g/mol. The third-order valence-electron chi connectivity index (χ3n) is 1.62. The zero-order chi connectivity index (χ0) is 10.1. The summed E-state index contributed by atoms with van der Waals surface area (Å²) in [5, 5.41) is -0.145. The van der Waals surface area contributed by atoms with Crippen LogP contribution in [0.15, 0.2) is 10.6 Å². The van der Waals surface area contributed by atoms with Crippen LogP contribution in [0.3, 0.4) is 0 Å². The predicted octanol–water partition coefficient (Wildman–Crippen LogP) is 3.56. The van der Waals surface area contributed by atoms with Crippen molar-refractivity contribution in [2.75, 3.05) is 0 Å². The molecule has 1 heterocycles. The molecule has 0 fully saturated rings. The van der Waals surface area contributed by atoms with Gasteiger partial charge >= 0.3 is 0 Å². The van der Waals surface area contributed by atoms with E-state index in [-0.39, 0.29) is 10.8 Å². The number of oxazole rings is 1. The third-order valence-corrected chi connectivity index (χ3v) is 1.80. The molecule has 1 aromatic rings. The summed E-state index contributed by atoms with van der Waals surface area (Å²) in [5.41, 5.74) is 0.229. The Balaban J connectivity index is 2.70. The highest BCUT2D eigenvalue weighted by Crippen LogP contribution is 2.24. The van der Waals surface area contributed by atoms with Crippen LogP contribution in [0.1, 0.15) is 44.7 Å². The molecule has 0 spiro atoms. The molecule has 0 radical (unpaired) electrons. The molecule has 0 aliphatic rings. The molecular weight excluding hydrogens is 186 g/mol. The number of aromatic nitrogens is 1. The Morgan fingerprint density at radius 3 is 2.54 bits per heavy atom. The lowest BCUT2D eigenvalue weighted by Gasteiger charge is -2.15. The first kappa shape index (κ1) is 10.6. The first-order chi connectivity index (χ1) is 5.88. The summed E-state index contributed by atoms with van der Waals surface area (Å²) in [6.45, 7) is 8.35. The quantitative estimate of drug-likeness (QED) is 0.684. The molecule has 0 N–H and O–H groups in total. The molecule has 3 heteroatoms. The molecule has 1 unspecified atom stereocenters. The molecule has 13 heavy (non-hydrogen) atoms. The van der Waals surface area contributed by atoms with E-state index in [2.05, 4.69) is 25.8 Å². The minimum Gasteiger partial charge on any atom is -0.444 e. The second kappa shape index (κ2) is 3.70. The van der Waals surface area contributed by atoms with E-state index in [1.807, 2.05) is 6.92 Å². The number of alkyl halides is 1. The molecule has 74 valence electrons. The summed E-state index contributed by atoms with van der Waals surface area (Å²) in [5.74, 6) is 1.52. The second-order valence-electron chi connectivity index (χ2n) is 4.52. The number of nitrogens with zero attached hydrogens (tertiary/aromatic N) is 1. The third kappa shape index (κ3) is 3.39. The fourth-order valence-electron chi connectivity index (χ4n) is 1.11. The minimum absolute atomic E-state index is 0.145. The first-order valence-electron chi connectivity index (χ1n) is 4.47. The highest BCUT2D eigenvalue weighted by Gasteiger charge is 2.16. The first-order valence-corrected chi connectivity index (χ1v) is 4.91. The number of hydrogen-bond donors (Lipinski definition) is 0. The van der Waals surface area contributed by atoms with Crippen LogP contribution < -0.4 is 0 Å². The summed E-state index contributed by atoms with van der Waals surface area (Å²) in [4.78, 5) is 4.10. The van der Waals surface area contributed by atoms with Crippen molar-refractivity contribution < 1.29 is 4.42 Å². The lowest BCUT2D eigenvalue weighted by Crippen LogP contribution is -2.08. The SMILES string of the molecule is CC(Cl)c1ncc(CC(C)(C)C)o1. The molecule has 0 saturated carbocycles. The highest BCUT2D eigenvalue weighted by atomic mass is 35.5. The Kier molecular flexibility index (Phi) is 3.01. The zero-order valence-corrected chi connectivity index (χ0v) is 9.35. The fourth-order valence-corrected chi connectivity index (χ4v) is 1.21. The van der Waals surface area contributed by atoms with E-state index in [4.69, 9.17) is 16.0 Å². The van der Waals surface area contributed by atoms with Crippen LogP contribution >= 0.6 is 11.6 Å². The number of halogens is 1. The van der Waals surface area contributed by atoms with Gasteiger partial charge in [-0.3, -0.25) is 0 Å². The van der Waals surface area contributed by atoms with E-state index in [0.717, 1.165) is 12.2 Å². The highest BCUT2D eigenvalue weighted by molar-refractivity contribution is 6.20. The van der Waals surface area contributed by atoms with Crippen molar-refractivity contribution in [3.8, 4) is 0 Å². The van der Waals surface area contributed by atoms with Gasteiger partial charge in [-0.2, -0.15) is 0 Å². The van der Waals surface area contributed by atoms with Gasteiger partial charge < -0.3 is 4.42 Å². The molecule has 0 aliphatic carbocycles. The van der Waals surface area contributed by atoms with Crippen LogP contribution in [-0.2, 0) is 6.42 Å². The Bertz CT molecular complexity index is 273. The Morgan fingerprint density at radius 1 is 1.54 bits per heavy atom. The topological polar surface area (TPSA) is 26.0 Å². The van der Waals surface area contributed by atoms with E-state index in [0.29, 0.717) is 5.89 Å². The van der Waals surface area contributed by atoms with E-state index >= 15 is 0 Å². The Labute approximate surface area is 84.3 Å². The van der Waals surface area contributed by atoms with E-state index in [1.54, 1.807) is 6.20 Å². The lowest BCUT2D eigenvalue weighted by atomic mass is 9.91. The summed E-state index contributed by atoms with van der Waals surface area (Å²) in [6.07, 6.45) is 2.66. The van der Waals surface area contributed by atoms with Crippen LogP contribution in [0.2, 0.25) is 0 Å². The standard InChI is InChI=1S/C10H16ClNO/c1-7(11)9-12-6-8(13-9)5-10(2,3)4/h6-7H,5H2,1-4H3. The molecule has 0 aliphatic heterocycles. The Morgan fingerprint density at radius 2 is 2.15 bits per heavy atom. The van der Waals surface area contributed by atoms with Crippen molar-refractivity contribution in [1.29, 1.82) is 0 Å². The summed E-state index contributed by atoms with van der Waals surface area (Å²) >= 11 is 5.83. The molecular formula is C10H16ClNO. The largest absolute Gasteiger partial charge is 0.444 e. The molecule has 0 aromatic carbocycles. The zero-order valence-electron chi connectivity index (χ0n) is 8.60. The van der Waals surface area contributed by atoms with Crippen molar-refractivity contribution in [2.45, 2.75) is 39.5 Å². The Hall–Kier alpha value is -0.500. The normalized spacial score (nSPS) is 14.5. The van der Waals surface area contributed by atoms with Crippen molar-refractivity contribution in [3.05, 3.63) is 17.8 Å². The summed E-state index contributed by atoms with van der Waals surface area (Å²) in [7, 11) is 0. The summed E-state index contributed by atoms with van der Waals surface area (Å²) in [6, 6.07) is 0. The van der Waals surface area contributed by atoms with Crippen LogP contribution in [0.4, 0.5) is 0 Å². The van der Waals surface area contributed by atoms with Crippen molar-refractivity contribution >= 4 is 11.6 Å². The van der Waals surface area contributed by atoms with E-state index < -0.39 is 0 Å². The molecule has 1 rings (SSSR count). The van der Waals surface area contributed by atoms with Gasteiger partial charge in [-0.15, -0.1) is 11.6 Å². The summed E-state index contributed by atoms with van der Waals surface area (Å²) < 4.78 is 5.48. The van der Waals surface area contributed by atoms with E-state index in [9.17, 15) is 0 Å². The fraction of sp³-hybridized carbons (Fsp3) is 0.700. The predicted molar refractivity (Wildman–Crippen MR) is 53.9 cm³/mol. The van der Waals surface area contributed by atoms with Gasteiger partial charge in [-0.1, -0.05) is 20.8 Å². The minimum atomic E-state index is -0.145. The van der Waals surface area contributed by atoms with Crippen molar-refractivity contribution in [2.24, 2.45) is 5.41 Å². The van der Waals surface area contributed by atoms with Gasteiger partial charge in [-0.05, 0) is 12.3 Å². The van der Waals surface area contributed by atoms with Crippen LogP contribution in [0.5, 0.6) is 0 Å². The second-order valence-corrected chi connectivity index (χ2v) is 5.17. The number of hydrogen-bond acceptors (Lipinski definition) is 2. The smallest absolute Gasteiger partial charge is 0.212 e. The molecule has 1 atom stereocenters. The van der Waals surface area contributed by atoms with Gasteiger partial charge in [0.2, 0.25) is 5.89 Å². The molecule has 2 nitrogen and oxygen atoms in total. The molecule has 0 bridgehead atoms. The maximum Gasteiger partial charge on any atom is 0.212 e. The van der Waals surface area contributed by atoms with Crippen LogP contribution in [-0.4, -0.2) is 4.98 Å². The molecule has 0 saturated heterocycles. The molecule has 1 aromatic heterocycles. The van der Waals surface area contributed by atoms with E-state index in [1.165, 1.54) is 0 Å². The number of rotatable bonds is 2. The van der Waals surface area contributed by atoms with Crippen molar-refractivity contribution in [1.82, 2.24) is 4.98 Å². The van der Waals surface area contributed by atoms with Crippen LogP contribution in [0.25, 0.3) is 0 Å². The monoisotopic (exact) mass is 201 g/mol. The molecule has 0 amide bonds. The van der Waals surface area contributed by atoms with Crippen LogP contribution in [0, 0.1) is 5.41 Å². The van der Waals surface area contributed by atoms with Gasteiger partial charge in [0, 0.05) is 6.42 Å². The van der Waals surface area contributed by atoms with Gasteiger partial charge in [0.05, 0.1) is 6.20 Å².